The molecule has 0 saturated heterocycles. The lowest BCUT2D eigenvalue weighted by Gasteiger charge is -2.03. The van der Waals surface area contributed by atoms with Gasteiger partial charge in [0, 0.05) is 17.6 Å². The van der Waals surface area contributed by atoms with Crippen molar-refractivity contribution in [1.29, 1.82) is 0 Å². The smallest absolute Gasteiger partial charge is 0.0801 e. The van der Waals surface area contributed by atoms with Gasteiger partial charge in [0.1, 0.15) is 0 Å². The van der Waals surface area contributed by atoms with Crippen LogP contribution in [0.1, 0.15) is 10.9 Å². The van der Waals surface area contributed by atoms with Crippen molar-refractivity contribution < 1.29 is 0 Å². The molecule has 2 aromatic heterocycles. The van der Waals surface area contributed by atoms with Crippen LogP contribution < -0.4 is 11.5 Å². The van der Waals surface area contributed by atoms with E-state index in [1.165, 1.54) is 0 Å². The van der Waals surface area contributed by atoms with E-state index in [1.54, 1.807) is 17.5 Å². The van der Waals surface area contributed by atoms with Crippen LogP contribution in [0, 0.1) is 0 Å². The van der Waals surface area contributed by atoms with Gasteiger partial charge in [-0.25, -0.2) is 0 Å². The van der Waals surface area contributed by atoms with Crippen LogP contribution in [0.15, 0.2) is 36.5 Å². The molecular formula is C11H13N3S. The Labute approximate surface area is 92.8 Å². The van der Waals surface area contributed by atoms with Crippen molar-refractivity contribution in [3.8, 4) is 10.6 Å². The van der Waals surface area contributed by atoms with Crippen LogP contribution in [0.2, 0.25) is 0 Å². The molecule has 0 aliphatic heterocycles. The molecule has 2 heterocycles. The van der Waals surface area contributed by atoms with E-state index in [1.807, 2.05) is 30.3 Å². The Morgan fingerprint density at radius 3 is 2.80 bits per heavy atom. The molecule has 0 aliphatic rings. The summed E-state index contributed by atoms with van der Waals surface area (Å²) in [6.07, 6.45) is 1.79. The molecule has 1 atom stereocenters. The summed E-state index contributed by atoms with van der Waals surface area (Å²) in [5.41, 5.74) is 12.4. The first-order chi connectivity index (χ1) is 7.31. The maximum Gasteiger partial charge on any atom is 0.0801 e. The van der Waals surface area contributed by atoms with Crippen molar-refractivity contribution in [2.45, 2.75) is 6.04 Å². The third kappa shape index (κ3) is 2.23. The van der Waals surface area contributed by atoms with E-state index < -0.39 is 0 Å². The largest absolute Gasteiger partial charge is 0.329 e. The SMILES string of the molecule is NCC(N)c1ccc(-c2ccccn2)s1. The third-order valence-corrected chi connectivity index (χ3v) is 3.40. The molecule has 0 aliphatic carbocycles. The van der Waals surface area contributed by atoms with E-state index in [9.17, 15) is 0 Å². The Balaban J connectivity index is 2.28. The molecule has 3 nitrogen and oxygen atoms in total. The van der Waals surface area contributed by atoms with Gasteiger partial charge in [-0.3, -0.25) is 4.98 Å². The van der Waals surface area contributed by atoms with Crippen molar-refractivity contribution in [2.24, 2.45) is 11.5 Å². The minimum atomic E-state index is -0.0625. The summed E-state index contributed by atoms with van der Waals surface area (Å²) >= 11 is 1.65. The van der Waals surface area contributed by atoms with Crippen molar-refractivity contribution in [3.05, 3.63) is 41.4 Å². The molecule has 2 rings (SSSR count). The molecular weight excluding hydrogens is 206 g/mol. The molecule has 78 valence electrons. The van der Waals surface area contributed by atoms with E-state index in [2.05, 4.69) is 4.98 Å². The Hall–Kier alpha value is -1.23. The summed E-state index contributed by atoms with van der Waals surface area (Å²) in [4.78, 5) is 6.53. The van der Waals surface area contributed by atoms with Crippen LogP contribution in [-0.4, -0.2) is 11.5 Å². The highest BCUT2D eigenvalue weighted by Gasteiger charge is 2.08. The number of thiophene rings is 1. The fraction of sp³-hybridized carbons (Fsp3) is 0.182. The summed E-state index contributed by atoms with van der Waals surface area (Å²) in [6.45, 7) is 0.474. The molecule has 0 bridgehead atoms. The van der Waals surface area contributed by atoms with Gasteiger partial charge in [0.05, 0.1) is 16.6 Å². The standard InChI is InChI=1S/C11H13N3S/c12-7-8(13)10-4-5-11(15-10)9-3-1-2-6-14-9/h1-6,8H,7,12-13H2. The summed E-state index contributed by atoms with van der Waals surface area (Å²) in [7, 11) is 0. The number of rotatable bonds is 3. The van der Waals surface area contributed by atoms with E-state index >= 15 is 0 Å². The first-order valence-corrected chi connectivity index (χ1v) is 5.59. The Morgan fingerprint density at radius 2 is 2.13 bits per heavy atom. The summed E-state index contributed by atoms with van der Waals surface area (Å²) < 4.78 is 0. The highest BCUT2D eigenvalue weighted by Crippen LogP contribution is 2.28. The molecule has 0 amide bonds. The van der Waals surface area contributed by atoms with Crippen molar-refractivity contribution in [3.63, 3.8) is 0 Å². The molecule has 2 aromatic rings. The predicted molar refractivity (Wildman–Crippen MR) is 63.5 cm³/mol. The average molecular weight is 219 g/mol. The number of hydrogen-bond acceptors (Lipinski definition) is 4. The van der Waals surface area contributed by atoms with E-state index in [-0.39, 0.29) is 6.04 Å². The first-order valence-electron chi connectivity index (χ1n) is 4.78. The van der Waals surface area contributed by atoms with Gasteiger partial charge in [-0.1, -0.05) is 6.07 Å². The molecule has 0 fully saturated rings. The van der Waals surface area contributed by atoms with Gasteiger partial charge in [-0.15, -0.1) is 11.3 Å². The van der Waals surface area contributed by atoms with Crippen molar-refractivity contribution in [1.82, 2.24) is 4.98 Å². The third-order valence-electron chi connectivity index (χ3n) is 2.16. The van der Waals surface area contributed by atoms with Crippen LogP contribution in [0.25, 0.3) is 10.6 Å². The predicted octanol–water partition coefficient (Wildman–Crippen LogP) is 1.77. The van der Waals surface area contributed by atoms with E-state index in [0.717, 1.165) is 15.4 Å². The molecule has 15 heavy (non-hydrogen) atoms. The Bertz CT molecular complexity index is 424. The molecule has 4 heteroatoms. The molecule has 1 unspecified atom stereocenters. The van der Waals surface area contributed by atoms with Crippen molar-refractivity contribution in [2.75, 3.05) is 6.54 Å². The Kier molecular flexibility index (Phi) is 3.11. The number of aromatic nitrogens is 1. The quantitative estimate of drug-likeness (QED) is 0.826. The fourth-order valence-electron chi connectivity index (χ4n) is 1.31. The first kappa shape index (κ1) is 10.3. The second-order valence-corrected chi connectivity index (χ2v) is 4.37. The van der Waals surface area contributed by atoms with Crippen LogP contribution in [0.5, 0.6) is 0 Å². The Morgan fingerprint density at radius 1 is 1.27 bits per heavy atom. The lowest BCUT2D eigenvalue weighted by molar-refractivity contribution is 0.752. The van der Waals surface area contributed by atoms with Crippen LogP contribution >= 0.6 is 11.3 Å². The minimum Gasteiger partial charge on any atom is -0.329 e. The monoisotopic (exact) mass is 219 g/mol. The normalized spacial score (nSPS) is 12.7. The molecule has 0 saturated carbocycles. The highest BCUT2D eigenvalue weighted by atomic mass is 32.1. The van der Waals surface area contributed by atoms with Crippen LogP contribution in [0.3, 0.4) is 0 Å². The van der Waals surface area contributed by atoms with Crippen LogP contribution in [0.4, 0.5) is 0 Å². The van der Waals surface area contributed by atoms with Gasteiger partial charge in [-0.05, 0) is 24.3 Å². The van der Waals surface area contributed by atoms with Gasteiger partial charge >= 0.3 is 0 Å². The fourth-order valence-corrected chi connectivity index (χ4v) is 2.31. The summed E-state index contributed by atoms with van der Waals surface area (Å²) in [6, 6.07) is 9.87. The number of pyridine rings is 1. The summed E-state index contributed by atoms with van der Waals surface area (Å²) in [5, 5.41) is 0. The molecule has 0 aromatic carbocycles. The maximum atomic E-state index is 5.85. The van der Waals surface area contributed by atoms with Gasteiger partial charge in [0.2, 0.25) is 0 Å². The average Bonchev–Trinajstić information content (AvgIpc) is 2.78. The van der Waals surface area contributed by atoms with E-state index in [0.29, 0.717) is 6.54 Å². The summed E-state index contributed by atoms with van der Waals surface area (Å²) in [5.74, 6) is 0. The molecule has 4 N–H and O–H groups in total. The van der Waals surface area contributed by atoms with Gasteiger partial charge in [0.15, 0.2) is 0 Å². The maximum absolute atomic E-state index is 5.85. The topological polar surface area (TPSA) is 64.9 Å². The zero-order valence-electron chi connectivity index (χ0n) is 8.26. The minimum absolute atomic E-state index is 0.0625. The lowest BCUT2D eigenvalue weighted by Crippen LogP contribution is -2.19. The zero-order chi connectivity index (χ0) is 10.7. The van der Waals surface area contributed by atoms with Crippen molar-refractivity contribution >= 4 is 11.3 Å². The second-order valence-electron chi connectivity index (χ2n) is 3.26. The van der Waals surface area contributed by atoms with Gasteiger partial charge in [0.25, 0.3) is 0 Å². The van der Waals surface area contributed by atoms with Crippen LogP contribution in [-0.2, 0) is 0 Å². The lowest BCUT2D eigenvalue weighted by atomic mass is 10.2. The number of nitrogens with two attached hydrogens (primary N) is 2. The van der Waals surface area contributed by atoms with Gasteiger partial charge in [-0.2, -0.15) is 0 Å². The number of nitrogens with zero attached hydrogens (tertiary/aromatic N) is 1. The second kappa shape index (κ2) is 4.53. The molecule has 0 radical (unpaired) electrons. The van der Waals surface area contributed by atoms with E-state index in [4.69, 9.17) is 11.5 Å². The van der Waals surface area contributed by atoms with Gasteiger partial charge < -0.3 is 11.5 Å². The highest BCUT2D eigenvalue weighted by molar-refractivity contribution is 7.15. The molecule has 0 spiro atoms. The number of hydrogen-bond donors (Lipinski definition) is 2. The zero-order valence-corrected chi connectivity index (χ0v) is 9.08.